The van der Waals surface area contributed by atoms with Crippen LogP contribution in [0.2, 0.25) is 0 Å². The SMILES string of the molecule is CC(C)[C@@](C)(C#N)NC(=O)[C@H](C)[NH+]1CCN(c2ncccn2)CC1. The zero-order valence-corrected chi connectivity index (χ0v) is 14.9. The molecule has 1 amide bonds. The highest BCUT2D eigenvalue weighted by Crippen LogP contribution is 2.15. The van der Waals surface area contributed by atoms with E-state index in [2.05, 4.69) is 26.3 Å². The Hall–Kier alpha value is -2.20. The fourth-order valence-electron chi connectivity index (χ4n) is 2.73. The van der Waals surface area contributed by atoms with E-state index in [1.165, 1.54) is 4.90 Å². The fraction of sp³-hybridized carbons (Fsp3) is 0.647. The quantitative estimate of drug-likeness (QED) is 0.768. The van der Waals surface area contributed by atoms with Gasteiger partial charge < -0.3 is 15.1 Å². The van der Waals surface area contributed by atoms with Crippen LogP contribution < -0.4 is 15.1 Å². The molecule has 7 heteroatoms. The number of aromatic nitrogens is 2. The van der Waals surface area contributed by atoms with Crippen LogP contribution in [0.3, 0.4) is 0 Å². The van der Waals surface area contributed by atoms with E-state index in [4.69, 9.17) is 0 Å². The molecule has 1 aliphatic rings. The summed E-state index contributed by atoms with van der Waals surface area (Å²) in [4.78, 5) is 24.5. The third kappa shape index (κ3) is 4.01. The molecule has 0 spiro atoms. The van der Waals surface area contributed by atoms with Crippen molar-refractivity contribution in [2.45, 2.75) is 39.3 Å². The molecule has 0 aromatic carbocycles. The Morgan fingerprint density at radius 3 is 2.42 bits per heavy atom. The lowest BCUT2D eigenvalue weighted by Gasteiger charge is -2.36. The zero-order chi connectivity index (χ0) is 17.7. The summed E-state index contributed by atoms with van der Waals surface area (Å²) in [5.41, 5.74) is -0.829. The minimum atomic E-state index is -0.829. The molecule has 2 rings (SSSR count). The van der Waals surface area contributed by atoms with Gasteiger partial charge in [0.2, 0.25) is 5.95 Å². The number of hydrogen-bond donors (Lipinski definition) is 2. The Morgan fingerprint density at radius 2 is 1.92 bits per heavy atom. The van der Waals surface area contributed by atoms with Crippen LogP contribution in [-0.4, -0.2) is 53.6 Å². The summed E-state index contributed by atoms with van der Waals surface area (Å²) in [5, 5.41) is 12.3. The van der Waals surface area contributed by atoms with E-state index in [0.29, 0.717) is 0 Å². The highest BCUT2D eigenvalue weighted by molar-refractivity contribution is 5.81. The van der Waals surface area contributed by atoms with Gasteiger partial charge in [-0.25, -0.2) is 9.97 Å². The van der Waals surface area contributed by atoms with Crippen LogP contribution in [0, 0.1) is 17.2 Å². The van der Waals surface area contributed by atoms with Crippen molar-refractivity contribution in [2.75, 3.05) is 31.1 Å². The molecule has 130 valence electrons. The molecule has 0 bridgehead atoms. The molecule has 0 aliphatic carbocycles. The second-order valence-corrected chi connectivity index (χ2v) is 6.87. The van der Waals surface area contributed by atoms with Gasteiger partial charge in [-0.1, -0.05) is 13.8 Å². The van der Waals surface area contributed by atoms with Gasteiger partial charge in [-0.15, -0.1) is 0 Å². The third-order valence-electron chi connectivity index (χ3n) is 5.02. The number of quaternary nitrogens is 1. The maximum Gasteiger partial charge on any atom is 0.279 e. The van der Waals surface area contributed by atoms with Crippen molar-refractivity contribution >= 4 is 11.9 Å². The summed E-state index contributed by atoms with van der Waals surface area (Å²) in [5.74, 6) is 0.735. The Balaban J connectivity index is 1.92. The molecule has 2 N–H and O–H groups in total. The van der Waals surface area contributed by atoms with Crippen molar-refractivity contribution in [1.29, 1.82) is 5.26 Å². The number of amides is 1. The van der Waals surface area contributed by atoms with Crippen molar-refractivity contribution in [3.63, 3.8) is 0 Å². The highest BCUT2D eigenvalue weighted by Gasteiger charge is 2.36. The van der Waals surface area contributed by atoms with Crippen LogP contribution in [-0.2, 0) is 4.79 Å². The molecule has 0 saturated carbocycles. The first-order chi connectivity index (χ1) is 11.4. The van der Waals surface area contributed by atoms with Crippen molar-refractivity contribution in [3.05, 3.63) is 18.5 Å². The molecule has 0 radical (unpaired) electrons. The zero-order valence-electron chi connectivity index (χ0n) is 14.9. The molecule has 1 aromatic heterocycles. The van der Waals surface area contributed by atoms with E-state index in [9.17, 15) is 10.1 Å². The molecule has 0 unspecified atom stereocenters. The molecule has 1 aromatic rings. The molecular formula is C17H27N6O+. The summed E-state index contributed by atoms with van der Waals surface area (Å²) in [7, 11) is 0. The summed E-state index contributed by atoms with van der Waals surface area (Å²) in [6, 6.07) is 3.85. The van der Waals surface area contributed by atoms with Gasteiger partial charge in [0.25, 0.3) is 5.91 Å². The molecule has 7 nitrogen and oxygen atoms in total. The normalized spacial score (nSPS) is 19.4. The Kier molecular flexibility index (Phi) is 5.73. The summed E-state index contributed by atoms with van der Waals surface area (Å²) in [6.45, 7) is 10.9. The Morgan fingerprint density at radius 1 is 1.33 bits per heavy atom. The third-order valence-corrected chi connectivity index (χ3v) is 5.02. The average molecular weight is 331 g/mol. The monoisotopic (exact) mass is 331 g/mol. The van der Waals surface area contributed by atoms with E-state index in [-0.39, 0.29) is 17.9 Å². The van der Waals surface area contributed by atoms with Crippen molar-refractivity contribution in [3.8, 4) is 6.07 Å². The van der Waals surface area contributed by atoms with E-state index < -0.39 is 5.54 Å². The smallest absolute Gasteiger partial charge is 0.279 e. The van der Waals surface area contributed by atoms with Crippen LogP contribution in [0.4, 0.5) is 5.95 Å². The van der Waals surface area contributed by atoms with E-state index in [1.54, 1.807) is 25.4 Å². The molecule has 1 aliphatic heterocycles. The van der Waals surface area contributed by atoms with Crippen LogP contribution in [0.15, 0.2) is 18.5 Å². The number of piperazine rings is 1. The molecule has 1 saturated heterocycles. The highest BCUT2D eigenvalue weighted by atomic mass is 16.2. The number of carbonyl (C=O) groups is 1. The van der Waals surface area contributed by atoms with Crippen molar-refractivity contribution in [1.82, 2.24) is 15.3 Å². The number of anilines is 1. The maximum atomic E-state index is 12.6. The number of nitriles is 1. The van der Waals surface area contributed by atoms with Crippen LogP contribution >= 0.6 is 0 Å². The molecular weight excluding hydrogens is 304 g/mol. The fourth-order valence-corrected chi connectivity index (χ4v) is 2.73. The van der Waals surface area contributed by atoms with Gasteiger partial charge in [0.05, 0.1) is 32.2 Å². The predicted octanol–water partition coefficient (Wildman–Crippen LogP) is -0.376. The van der Waals surface area contributed by atoms with Crippen LogP contribution in [0.1, 0.15) is 27.7 Å². The lowest BCUT2D eigenvalue weighted by atomic mass is 9.89. The lowest BCUT2D eigenvalue weighted by molar-refractivity contribution is -0.914. The second-order valence-electron chi connectivity index (χ2n) is 6.87. The van der Waals surface area contributed by atoms with Crippen LogP contribution in [0.25, 0.3) is 0 Å². The molecule has 2 atom stereocenters. The number of hydrogen-bond acceptors (Lipinski definition) is 5. The number of rotatable bonds is 5. The number of nitrogens with one attached hydrogen (secondary N) is 2. The standard InChI is InChI=1S/C17H26N6O/c1-13(2)17(4,12-18)21-15(24)14(3)22-8-10-23(11-9-22)16-19-6-5-7-20-16/h5-7,13-14H,8-11H2,1-4H3,(H,21,24)/p+1/t14-,17+/m0/s1. The van der Waals surface area contributed by atoms with Gasteiger partial charge in [0.1, 0.15) is 5.54 Å². The largest absolute Gasteiger partial charge is 0.333 e. The molecule has 2 heterocycles. The summed E-state index contributed by atoms with van der Waals surface area (Å²) in [6.07, 6.45) is 3.48. The first-order valence-electron chi connectivity index (χ1n) is 8.47. The summed E-state index contributed by atoms with van der Waals surface area (Å²) < 4.78 is 0. The first kappa shape index (κ1) is 18.1. The minimum absolute atomic E-state index is 0.0562. The summed E-state index contributed by atoms with van der Waals surface area (Å²) >= 11 is 0. The molecule has 24 heavy (non-hydrogen) atoms. The maximum absolute atomic E-state index is 12.6. The van der Waals surface area contributed by atoms with Crippen LogP contribution in [0.5, 0.6) is 0 Å². The van der Waals surface area contributed by atoms with Crippen molar-refractivity contribution < 1.29 is 9.69 Å². The van der Waals surface area contributed by atoms with Gasteiger partial charge in [0, 0.05) is 12.4 Å². The van der Waals surface area contributed by atoms with E-state index in [1.807, 2.05) is 20.8 Å². The van der Waals surface area contributed by atoms with Crippen molar-refractivity contribution in [2.24, 2.45) is 5.92 Å². The average Bonchev–Trinajstić information content (AvgIpc) is 2.61. The predicted molar refractivity (Wildman–Crippen MR) is 91.4 cm³/mol. The van der Waals surface area contributed by atoms with Gasteiger partial charge in [-0.05, 0) is 25.8 Å². The topological polar surface area (TPSA) is 86.4 Å². The van der Waals surface area contributed by atoms with E-state index >= 15 is 0 Å². The van der Waals surface area contributed by atoms with Gasteiger partial charge in [-0.3, -0.25) is 4.79 Å². The van der Waals surface area contributed by atoms with Gasteiger partial charge >= 0.3 is 0 Å². The number of carbonyl (C=O) groups excluding carboxylic acids is 1. The van der Waals surface area contributed by atoms with Gasteiger partial charge in [-0.2, -0.15) is 5.26 Å². The molecule has 1 fully saturated rings. The van der Waals surface area contributed by atoms with E-state index in [0.717, 1.165) is 32.1 Å². The number of nitrogens with zero attached hydrogens (tertiary/aromatic N) is 4. The first-order valence-corrected chi connectivity index (χ1v) is 8.47. The Labute approximate surface area is 143 Å². The second kappa shape index (κ2) is 7.58. The minimum Gasteiger partial charge on any atom is -0.333 e. The lowest BCUT2D eigenvalue weighted by Crippen LogP contribution is -3.19. The van der Waals surface area contributed by atoms with Gasteiger partial charge in [0.15, 0.2) is 6.04 Å². The Bertz CT molecular complexity index is 591.